The molecule has 13 heteroatoms. The van der Waals surface area contributed by atoms with Crippen molar-refractivity contribution in [3.8, 4) is 5.88 Å². The normalized spacial score (nSPS) is 12.6. The molecule has 1 unspecified atom stereocenters. The van der Waals surface area contributed by atoms with Crippen molar-refractivity contribution in [2.45, 2.75) is 58.5 Å². The minimum absolute atomic E-state index is 0.0898. The summed E-state index contributed by atoms with van der Waals surface area (Å²) >= 11 is 0. The van der Waals surface area contributed by atoms with Crippen LogP contribution in [0.15, 0.2) is 60.7 Å². The molecule has 45 heavy (non-hydrogen) atoms. The molecule has 1 amide bonds. The zero-order valence-electron chi connectivity index (χ0n) is 25.3. The summed E-state index contributed by atoms with van der Waals surface area (Å²) in [5.41, 5.74) is -1.60. The van der Waals surface area contributed by atoms with Crippen LogP contribution in [-0.4, -0.2) is 41.1 Å². The summed E-state index contributed by atoms with van der Waals surface area (Å²) in [6, 6.07) is 15.6. The van der Waals surface area contributed by atoms with Gasteiger partial charge < -0.3 is 20.1 Å². The van der Waals surface area contributed by atoms with E-state index in [0.717, 1.165) is 28.6 Å². The Kier molecular flexibility index (Phi) is 12.0. The van der Waals surface area contributed by atoms with E-state index in [0.29, 0.717) is 25.1 Å². The zero-order chi connectivity index (χ0) is 33.2. The number of pyridine rings is 1. The summed E-state index contributed by atoms with van der Waals surface area (Å²) < 4.78 is 80.5. The predicted octanol–water partition coefficient (Wildman–Crippen LogP) is 6.39. The van der Waals surface area contributed by atoms with E-state index in [9.17, 15) is 31.5 Å². The van der Waals surface area contributed by atoms with Crippen molar-refractivity contribution >= 4 is 17.9 Å². The molecule has 0 aliphatic carbocycles. The highest BCUT2D eigenvalue weighted by Crippen LogP contribution is 2.35. The Morgan fingerprint density at radius 2 is 1.69 bits per heavy atom. The van der Waals surface area contributed by atoms with E-state index >= 15 is 0 Å². The third-order valence-corrected chi connectivity index (χ3v) is 6.97. The molecule has 1 atom stereocenters. The molecule has 0 saturated heterocycles. The molecule has 0 bridgehead atoms. The monoisotopic (exact) mass is 634 g/mol. The minimum atomic E-state index is -4.93. The fraction of sp³-hybridized carbons (Fsp3) is 0.344. The molecule has 2 N–H and O–H groups in total. The smallest absolute Gasteiger partial charge is 0.436 e. The van der Waals surface area contributed by atoms with Crippen molar-refractivity contribution in [2.24, 2.45) is 0 Å². The molecule has 4 aromatic rings. The summed E-state index contributed by atoms with van der Waals surface area (Å²) in [5.74, 6) is -2.85. The number of alkyl halides is 3. The van der Waals surface area contributed by atoms with Crippen LogP contribution in [0.4, 0.5) is 22.0 Å². The topological polar surface area (TPSA) is 94.0 Å². The van der Waals surface area contributed by atoms with Crippen LogP contribution in [0.3, 0.4) is 0 Å². The number of benzene rings is 2. The van der Waals surface area contributed by atoms with Crippen molar-refractivity contribution in [1.82, 2.24) is 20.2 Å². The lowest BCUT2D eigenvalue weighted by atomic mass is 9.96. The number of fused-ring (bicyclic) bond motifs is 1. The van der Waals surface area contributed by atoms with E-state index in [4.69, 9.17) is 4.74 Å². The van der Waals surface area contributed by atoms with Crippen LogP contribution < -0.4 is 15.4 Å². The van der Waals surface area contributed by atoms with Crippen LogP contribution in [0.1, 0.15) is 59.4 Å². The molecular formula is C32H35F5N4O4. The number of rotatable bonds is 12. The van der Waals surface area contributed by atoms with E-state index in [-0.39, 0.29) is 23.5 Å². The van der Waals surface area contributed by atoms with Crippen LogP contribution in [0.2, 0.25) is 0 Å². The number of aromatic nitrogens is 2. The summed E-state index contributed by atoms with van der Waals surface area (Å²) in [6.07, 6.45) is -3.44. The van der Waals surface area contributed by atoms with Gasteiger partial charge in [-0.25, -0.2) is 8.78 Å². The van der Waals surface area contributed by atoms with Gasteiger partial charge in [-0.2, -0.15) is 22.8 Å². The van der Waals surface area contributed by atoms with E-state index < -0.39 is 47.1 Å². The van der Waals surface area contributed by atoms with Crippen molar-refractivity contribution in [1.29, 1.82) is 0 Å². The Morgan fingerprint density at radius 1 is 1.02 bits per heavy atom. The Bertz CT molecular complexity index is 1570. The first-order chi connectivity index (χ1) is 21.3. The molecule has 242 valence electrons. The number of carbonyl (C=O) groups is 2. The average molecular weight is 635 g/mol. The van der Waals surface area contributed by atoms with Gasteiger partial charge in [0.05, 0.1) is 16.6 Å². The number of amides is 1. The standard InChI is InChI=1S/C24H27F5N4O2.C8H8O2/c1-5-9-23(3,30-4)13-31-22(34)20-18-10-14(2)11-19(33(18)32-21(20)24(27,28)29)35-12-15-16(25)7-6-8-17(15)26;9-7-10-6-8-4-2-1-3-5-8/h6-8,10-11,30H,5,9,12-13H2,1-4H3,(H,31,34);1-5,7H,6H2. The average Bonchev–Trinajstić information content (AvgIpc) is 3.40. The fourth-order valence-electron chi connectivity index (χ4n) is 4.51. The number of hydrogen-bond acceptors (Lipinski definition) is 6. The number of ether oxygens (including phenoxy) is 2. The summed E-state index contributed by atoms with van der Waals surface area (Å²) in [5, 5.41) is 9.27. The van der Waals surface area contributed by atoms with Gasteiger partial charge in [0.15, 0.2) is 5.69 Å². The van der Waals surface area contributed by atoms with E-state index in [1.165, 1.54) is 18.2 Å². The van der Waals surface area contributed by atoms with Gasteiger partial charge in [0.2, 0.25) is 5.88 Å². The summed E-state index contributed by atoms with van der Waals surface area (Å²) in [6.45, 7) is 5.73. The van der Waals surface area contributed by atoms with Gasteiger partial charge >= 0.3 is 6.18 Å². The second kappa shape index (κ2) is 15.5. The number of aryl methyl sites for hydroxylation is 1. The molecule has 2 aromatic carbocycles. The first kappa shape index (κ1) is 35.0. The highest BCUT2D eigenvalue weighted by atomic mass is 19.4. The summed E-state index contributed by atoms with van der Waals surface area (Å²) in [4.78, 5) is 22.8. The predicted molar refractivity (Wildman–Crippen MR) is 158 cm³/mol. The lowest BCUT2D eigenvalue weighted by molar-refractivity contribution is -0.141. The maximum Gasteiger partial charge on any atom is 0.436 e. The number of hydrogen-bond donors (Lipinski definition) is 2. The van der Waals surface area contributed by atoms with Crippen LogP contribution in [0.25, 0.3) is 5.52 Å². The van der Waals surface area contributed by atoms with Gasteiger partial charge in [0.1, 0.15) is 24.8 Å². The zero-order valence-corrected chi connectivity index (χ0v) is 25.3. The van der Waals surface area contributed by atoms with Crippen LogP contribution >= 0.6 is 0 Å². The van der Waals surface area contributed by atoms with E-state index in [2.05, 4.69) is 20.5 Å². The highest BCUT2D eigenvalue weighted by Gasteiger charge is 2.41. The number of halogens is 5. The van der Waals surface area contributed by atoms with E-state index in [1.54, 1.807) is 14.0 Å². The molecule has 0 radical (unpaired) electrons. The Hall–Kier alpha value is -4.52. The van der Waals surface area contributed by atoms with Gasteiger partial charge in [0, 0.05) is 18.2 Å². The second-order valence-electron chi connectivity index (χ2n) is 10.5. The summed E-state index contributed by atoms with van der Waals surface area (Å²) in [7, 11) is 1.71. The maximum atomic E-state index is 14.0. The third-order valence-electron chi connectivity index (χ3n) is 6.97. The first-order valence-electron chi connectivity index (χ1n) is 14.1. The van der Waals surface area contributed by atoms with Crippen LogP contribution in [0.5, 0.6) is 5.88 Å². The van der Waals surface area contributed by atoms with Crippen molar-refractivity contribution in [3.63, 3.8) is 0 Å². The SMILES string of the molecule is CCCC(C)(CNC(=O)c1c(C(F)(F)F)nn2c(OCc3c(F)cccc3F)cc(C)cc12)NC.O=COCc1ccccc1. The molecule has 0 saturated carbocycles. The molecule has 0 aliphatic rings. The molecule has 4 rings (SSSR count). The Morgan fingerprint density at radius 3 is 2.27 bits per heavy atom. The minimum Gasteiger partial charge on any atom is -0.473 e. The Labute approximate surface area is 257 Å². The Balaban J connectivity index is 0.000000468. The number of carbonyl (C=O) groups excluding carboxylic acids is 2. The molecular weight excluding hydrogens is 599 g/mol. The molecule has 0 fully saturated rings. The quantitative estimate of drug-likeness (QED) is 0.139. The van der Waals surface area contributed by atoms with Crippen molar-refractivity contribution in [2.75, 3.05) is 13.6 Å². The number of likely N-dealkylation sites (N-methyl/N-ethyl adjacent to an activating group) is 1. The van der Waals surface area contributed by atoms with Gasteiger partial charge in [-0.15, -0.1) is 0 Å². The van der Waals surface area contributed by atoms with Gasteiger partial charge in [-0.3, -0.25) is 9.59 Å². The first-order valence-corrected chi connectivity index (χ1v) is 14.1. The molecule has 0 aliphatic heterocycles. The van der Waals surface area contributed by atoms with Crippen LogP contribution in [0, 0.1) is 18.6 Å². The van der Waals surface area contributed by atoms with Crippen molar-refractivity contribution < 1.29 is 41.0 Å². The highest BCUT2D eigenvalue weighted by molar-refractivity contribution is 6.02. The largest absolute Gasteiger partial charge is 0.473 e. The molecule has 2 aromatic heterocycles. The second-order valence-corrected chi connectivity index (χ2v) is 10.5. The third kappa shape index (κ3) is 9.24. The number of nitrogens with one attached hydrogen (secondary N) is 2. The fourth-order valence-corrected chi connectivity index (χ4v) is 4.51. The van der Waals surface area contributed by atoms with E-state index in [1.807, 2.05) is 44.2 Å². The molecule has 8 nitrogen and oxygen atoms in total. The maximum absolute atomic E-state index is 14.0. The molecule has 0 spiro atoms. The van der Waals surface area contributed by atoms with Gasteiger partial charge in [0.25, 0.3) is 12.4 Å². The van der Waals surface area contributed by atoms with Gasteiger partial charge in [-0.1, -0.05) is 49.7 Å². The number of nitrogens with zero attached hydrogens (tertiary/aromatic N) is 2. The lowest BCUT2D eigenvalue weighted by Gasteiger charge is -2.29. The van der Waals surface area contributed by atoms with Crippen molar-refractivity contribution in [3.05, 3.63) is 100 Å². The molecule has 2 heterocycles. The van der Waals surface area contributed by atoms with Crippen LogP contribution in [-0.2, 0) is 28.9 Å². The van der Waals surface area contributed by atoms with Gasteiger partial charge in [-0.05, 0) is 56.6 Å². The lowest BCUT2D eigenvalue weighted by Crippen LogP contribution is -2.49.